The van der Waals surface area contributed by atoms with Crippen LogP contribution >= 0.6 is 24.0 Å². The Morgan fingerprint density at radius 3 is 2.65 bits per heavy atom. The molecule has 1 aliphatic rings. The summed E-state index contributed by atoms with van der Waals surface area (Å²) in [6, 6.07) is 9.63. The van der Waals surface area contributed by atoms with Gasteiger partial charge in [0.2, 0.25) is 0 Å². The van der Waals surface area contributed by atoms with E-state index in [9.17, 15) is 4.79 Å². The molecule has 0 atom stereocenters. The van der Waals surface area contributed by atoms with Gasteiger partial charge in [-0.25, -0.2) is 4.99 Å². The van der Waals surface area contributed by atoms with Crippen molar-refractivity contribution >= 4 is 35.8 Å². The lowest BCUT2D eigenvalue weighted by atomic mass is 10.1. The SMILES string of the molecule is CCNC(=NCc1ccc(C)cc1OC1CCCC1)NCCNC(=O)c1ccco1.I. The predicted octanol–water partition coefficient (Wildman–Crippen LogP) is 4.01. The molecule has 1 aliphatic carbocycles. The lowest BCUT2D eigenvalue weighted by Crippen LogP contribution is -2.41. The highest BCUT2D eigenvalue weighted by atomic mass is 127. The minimum Gasteiger partial charge on any atom is -0.490 e. The van der Waals surface area contributed by atoms with Gasteiger partial charge in [-0.15, -0.1) is 24.0 Å². The monoisotopic (exact) mass is 540 g/mol. The van der Waals surface area contributed by atoms with Gasteiger partial charge in [-0.2, -0.15) is 0 Å². The molecule has 0 radical (unpaired) electrons. The van der Waals surface area contributed by atoms with Crippen LogP contribution < -0.4 is 20.7 Å². The molecule has 0 spiro atoms. The van der Waals surface area contributed by atoms with Gasteiger partial charge in [-0.1, -0.05) is 12.1 Å². The van der Waals surface area contributed by atoms with Crippen molar-refractivity contribution in [1.82, 2.24) is 16.0 Å². The Labute approximate surface area is 201 Å². The fourth-order valence-electron chi connectivity index (χ4n) is 3.45. The van der Waals surface area contributed by atoms with Crippen LogP contribution in [-0.4, -0.2) is 37.6 Å². The number of hydrogen-bond donors (Lipinski definition) is 3. The van der Waals surface area contributed by atoms with Crippen molar-refractivity contribution < 1.29 is 13.9 Å². The van der Waals surface area contributed by atoms with Crippen molar-refractivity contribution in [3.05, 3.63) is 53.5 Å². The first kappa shape index (κ1) is 25.0. The van der Waals surface area contributed by atoms with Gasteiger partial charge in [-0.3, -0.25) is 4.79 Å². The number of amides is 1. The van der Waals surface area contributed by atoms with Gasteiger partial charge in [0.25, 0.3) is 5.91 Å². The molecule has 31 heavy (non-hydrogen) atoms. The van der Waals surface area contributed by atoms with Crippen LogP contribution in [0.2, 0.25) is 0 Å². The van der Waals surface area contributed by atoms with Crippen molar-refractivity contribution in [3.63, 3.8) is 0 Å². The van der Waals surface area contributed by atoms with Crippen LogP contribution in [0.4, 0.5) is 0 Å². The molecule has 1 heterocycles. The fraction of sp³-hybridized carbons (Fsp3) is 0.478. The molecule has 0 bridgehead atoms. The van der Waals surface area contributed by atoms with Crippen molar-refractivity contribution in [2.45, 2.75) is 52.2 Å². The largest absolute Gasteiger partial charge is 0.490 e. The minimum atomic E-state index is -0.225. The second-order valence-corrected chi connectivity index (χ2v) is 7.49. The zero-order valence-electron chi connectivity index (χ0n) is 18.3. The van der Waals surface area contributed by atoms with Gasteiger partial charge in [0, 0.05) is 25.2 Å². The van der Waals surface area contributed by atoms with Crippen LogP contribution in [0.25, 0.3) is 0 Å². The molecule has 7 nitrogen and oxygen atoms in total. The average Bonchev–Trinajstić information content (AvgIpc) is 3.44. The number of aliphatic imine (C=N–C) groups is 1. The van der Waals surface area contributed by atoms with Crippen LogP contribution in [0.3, 0.4) is 0 Å². The molecule has 1 aromatic carbocycles. The Balaban J connectivity index is 0.00000341. The first-order chi connectivity index (χ1) is 14.7. The van der Waals surface area contributed by atoms with Crippen molar-refractivity contribution in [3.8, 4) is 5.75 Å². The lowest BCUT2D eigenvalue weighted by molar-refractivity contribution is 0.0926. The molecular formula is C23H33IN4O3. The van der Waals surface area contributed by atoms with Gasteiger partial charge < -0.3 is 25.1 Å². The van der Waals surface area contributed by atoms with Crippen LogP contribution in [0.5, 0.6) is 5.75 Å². The van der Waals surface area contributed by atoms with Gasteiger partial charge in [0.1, 0.15) is 5.75 Å². The molecule has 1 saturated carbocycles. The predicted molar refractivity (Wildman–Crippen MR) is 133 cm³/mol. The van der Waals surface area contributed by atoms with Crippen molar-refractivity contribution in [1.29, 1.82) is 0 Å². The van der Waals surface area contributed by atoms with E-state index in [1.807, 2.05) is 6.92 Å². The number of carbonyl (C=O) groups is 1. The van der Waals surface area contributed by atoms with Crippen molar-refractivity contribution in [2.75, 3.05) is 19.6 Å². The number of nitrogens with zero attached hydrogens (tertiary/aromatic N) is 1. The highest BCUT2D eigenvalue weighted by Gasteiger charge is 2.18. The van der Waals surface area contributed by atoms with E-state index >= 15 is 0 Å². The maximum absolute atomic E-state index is 11.9. The maximum atomic E-state index is 11.9. The van der Waals surface area contributed by atoms with E-state index in [-0.39, 0.29) is 29.9 Å². The molecule has 2 aromatic rings. The number of hydrogen-bond acceptors (Lipinski definition) is 4. The second-order valence-electron chi connectivity index (χ2n) is 7.49. The standard InChI is InChI=1S/C23H32N4O3.HI/c1-3-24-23(26-13-12-25-22(28)20-9-6-14-29-20)27-16-18-11-10-17(2)15-21(18)30-19-7-4-5-8-19;/h6,9-11,14-15,19H,3-5,7-8,12-13,16H2,1-2H3,(H,25,28)(H2,24,26,27);1H. The smallest absolute Gasteiger partial charge is 0.287 e. The van der Waals surface area contributed by atoms with E-state index in [2.05, 4.69) is 41.1 Å². The normalized spacial score (nSPS) is 14.1. The number of halogens is 1. The summed E-state index contributed by atoms with van der Waals surface area (Å²) in [5, 5.41) is 9.30. The third-order valence-corrected chi connectivity index (χ3v) is 5.02. The molecule has 3 N–H and O–H groups in total. The first-order valence-corrected chi connectivity index (χ1v) is 10.8. The van der Waals surface area contributed by atoms with E-state index in [4.69, 9.17) is 14.1 Å². The lowest BCUT2D eigenvalue weighted by Gasteiger charge is -2.17. The van der Waals surface area contributed by atoms with E-state index in [1.165, 1.54) is 24.7 Å². The Kier molecular flexibility index (Phi) is 10.7. The number of benzene rings is 1. The molecule has 0 saturated heterocycles. The number of guanidine groups is 1. The van der Waals surface area contributed by atoms with Crippen LogP contribution in [-0.2, 0) is 6.54 Å². The summed E-state index contributed by atoms with van der Waals surface area (Å²) in [6.45, 7) is 6.40. The number of ether oxygens (including phenoxy) is 1. The highest BCUT2D eigenvalue weighted by Crippen LogP contribution is 2.28. The average molecular weight is 540 g/mol. The molecule has 0 aliphatic heterocycles. The summed E-state index contributed by atoms with van der Waals surface area (Å²) in [6.07, 6.45) is 6.55. The Bertz CT molecular complexity index is 833. The number of carbonyl (C=O) groups excluding carboxylic acids is 1. The second kappa shape index (κ2) is 13.2. The molecule has 0 unspecified atom stereocenters. The third-order valence-electron chi connectivity index (χ3n) is 5.02. The van der Waals surface area contributed by atoms with E-state index in [0.29, 0.717) is 37.5 Å². The third kappa shape index (κ3) is 8.08. The van der Waals surface area contributed by atoms with Crippen LogP contribution in [0, 0.1) is 6.92 Å². The zero-order valence-corrected chi connectivity index (χ0v) is 20.6. The summed E-state index contributed by atoms with van der Waals surface area (Å²) in [4.78, 5) is 16.6. The summed E-state index contributed by atoms with van der Waals surface area (Å²) in [5.74, 6) is 1.73. The Morgan fingerprint density at radius 2 is 1.94 bits per heavy atom. The summed E-state index contributed by atoms with van der Waals surface area (Å²) >= 11 is 0. The maximum Gasteiger partial charge on any atom is 0.287 e. The summed E-state index contributed by atoms with van der Waals surface area (Å²) < 4.78 is 11.4. The highest BCUT2D eigenvalue weighted by molar-refractivity contribution is 14.0. The molecule has 3 rings (SSSR count). The number of rotatable bonds is 9. The van der Waals surface area contributed by atoms with Gasteiger partial charge in [-0.05, 0) is 63.3 Å². The molecule has 170 valence electrons. The summed E-state index contributed by atoms with van der Waals surface area (Å²) in [5.41, 5.74) is 2.27. The van der Waals surface area contributed by atoms with Crippen LogP contribution in [0.1, 0.15) is 54.3 Å². The molecule has 1 fully saturated rings. The fourth-order valence-corrected chi connectivity index (χ4v) is 3.45. The van der Waals surface area contributed by atoms with E-state index in [1.54, 1.807) is 12.1 Å². The number of aryl methyl sites for hydroxylation is 1. The van der Waals surface area contributed by atoms with E-state index < -0.39 is 0 Å². The quantitative estimate of drug-likeness (QED) is 0.194. The molecular weight excluding hydrogens is 507 g/mol. The summed E-state index contributed by atoms with van der Waals surface area (Å²) in [7, 11) is 0. The number of nitrogens with one attached hydrogen (secondary N) is 3. The molecule has 1 amide bonds. The minimum absolute atomic E-state index is 0. The first-order valence-electron chi connectivity index (χ1n) is 10.8. The van der Waals surface area contributed by atoms with Crippen molar-refractivity contribution in [2.24, 2.45) is 4.99 Å². The molecule has 1 aromatic heterocycles. The Morgan fingerprint density at radius 1 is 1.16 bits per heavy atom. The molecule has 8 heteroatoms. The van der Waals surface area contributed by atoms with Gasteiger partial charge in [0.15, 0.2) is 11.7 Å². The zero-order chi connectivity index (χ0) is 21.2. The van der Waals surface area contributed by atoms with E-state index in [0.717, 1.165) is 30.7 Å². The Hall–Kier alpha value is -2.23. The van der Waals surface area contributed by atoms with Gasteiger partial charge >= 0.3 is 0 Å². The van der Waals surface area contributed by atoms with Gasteiger partial charge in [0.05, 0.1) is 18.9 Å². The van der Waals surface area contributed by atoms with Crippen LogP contribution in [0.15, 0.2) is 46.0 Å². The topological polar surface area (TPSA) is 87.9 Å². The number of furan rings is 1.